The summed E-state index contributed by atoms with van der Waals surface area (Å²) in [7, 11) is 1.77. The zero-order chi connectivity index (χ0) is 14.0. The van der Waals surface area contributed by atoms with Crippen molar-refractivity contribution in [1.82, 2.24) is 15.5 Å². The summed E-state index contributed by atoms with van der Waals surface area (Å²) in [5.74, 6) is 2.13. The summed E-state index contributed by atoms with van der Waals surface area (Å²) >= 11 is 0. The predicted molar refractivity (Wildman–Crippen MR) is 75.2 cm³/mol. The smallest absolute Gasteiger partial charge is 0.243 e. The maximum absolute atomic E-state index is 5.83. The Labute approximate surface area is 120 Å². The largest absolute Gasteiger partial charge is 0.370 e. The first-order valence-electron chi connectivity index (χ1n) is 7.86. The lowest BCUT2D eigenvalue weighted by molar-refractivity contribution is -0.0658. The number of rotatable bonds is 3. The summed E-state index contributed by atoms with van der Waals surface area (Å²) in [6.45, 7) is 3.31. The molecule has 1 aliphatic carbocycles. The van der Waals surface area contributed by atoms with Crippen molar-refractivity contribution >= 4 is 0 Å². The van der Waals surface area contributed by atoms with E-state index in [9.17, 15) is 0 Å². The number of hydrogen-bond acceptors (Lipinski definition) is 5. The standard InChI is InChI=1S/C15H25N3O2/c1-11-6-5-8-15(10-11,19-2)14-17-13(20-18-14)12-7-3-4-9-16-12/h11-12,16H,3-10H2,1-2H3/t11?,12-,15?/m1/s1. The van der Waals surface area contributed by atoms with Crippen LogP contribution in [0.2, 0.25) is 0 Å². The highest BCUT2D eigenvalue weighted by Crippen LogP contribution is 2.41. The van der Waals surface area contributed by atoms with Gasteiger partial charge in [0, 0.05) is 7.11 Å². The van der Waals surface area contributed by atoms with Crippen molar-refractivity contribution in [2.24, 2.45) is 5.92 Å². The molecule has 2 unspecified atom stereocenters. The van der Waals surface area contributed by atoms with Crippen LogP contribution in [0.25, 0.3) is 0 Å². The van der Waals surface area contributed by atoms with Crippen molar-refractivity contribution in [1.29, 1.82) is 0 Å². The van der Waals surface area contributed by atoms with Gasteiger partial charge in [-0.3, -0.25) is 0 Å². The fraction of sp³-hybridized carbons (Fsp3) is 0.867. The predicted octanol–water partition coefficient (Wildman–Crippen LogP) is 2.94. The Balaban J connectivity index is 1.80. The molecule has 1 aromatic rings. The maximum atomic E-state index is 5.83. The lowest BCUT2D eigenvalue weighted by Gasteiger charge is -2.36. The molecule has 1 aromatic heterocycles. The summed E-state index contributed by atoms with van der Waals surface area (Å²) in [6.07, 6.45) is 7.95. The third kappa shape index (κ3) is 2.61. The van der Waals surface area contributed by atoms with E-state index in [1.807, 2.05) is 0 Å². The van der Waals surface area contributed by atoms with E-state index < -0.39 is 0 Å². The van der Waals surface area contributed by atoms with E-state index in [0.717, 1.165) is 37.5 Å². The maximum Gasteiger partial charge on any atom is 0.243 e. The Kier molecular flexibility index (Phi) is 4.08. The van der Waals surface area contributed by atoms with Crippen LogP contribution in [0.3, 0.4) is 0 Å². The molecule has 3 atom stereocenters. The molecule has 1 saturated heterocycles. The van der Waals surface area contributed by atoms with Gasteiger partial charge in [-0.05, 0) is 44.6 Å². The molecular formula is C15H25N3O2. The zero-order valence-corrected chi connectivity index (χ0v) is 12.5. The van der Waals surface area contributed by atoms with Gasteiger partial charge in [0.2, 0.25) is 11.7 Å². The molecule has 0 bridgehead atoms. The molecule has 1 saturated carbocycles. The molecular weight excluding hydrogens is 254 g/mol. The van der Waals surface area contributed by atoms with Gasteiger partial charge in [-0.15, -0.1) is 0 Å². The van der Waals surface area contributed by atoms with Gasteiger partial charge in [0.25, 0.3) is 0 Å². The summed E-state index contributed by atoms with van der Waals surface area (Å²) in [5.41, 5.74) is -0.339. The second-order valence-corrected chi connectivity index (χ2v) is 6.36. The molecule has 0 amide bonds. The molecule has 20 heavy (non-hydrogen) atoms. The molecule has 2 aliphatic rings. The van der Waals surface area contributed by atoms with Crippen LogP contribution in [-0.2, 0) is 10.3 Å². The Morgan fingerprint density at radius 2 is 2.20 bits per heavy atom. The van der Waals surface area contributed by atoms with E-state index >= 15 is 0 Å². The van der Waals surface area contributed by atoms with Crippen LogP contribution in [0.5, 0.6) is 0 Å². The average molecular weight is 279 g/mol. The molecule has 2 fully saturated rings. The zero-order valence-electron chi connectivity index (χ0n) is 12.5. The molecule has 0 radical (unpaired) electrons. The van der Waals surface area contributed by atoms with Crippen molar-refractivity contribution in [2.75, 3.05) is 13.7 Å². The first kappa shape index (κ1) is 14.0. The fourth-order valence-electron chi connectivity index (χ4n) is 3.61. The van der Waals surface area contributed by atoms with Gasteiger partial charge in [-0.2, -0.15) is 4.98 Å². The van der Waals surface area contributed by atoms with Crippen molar-refractivity contribution in [3.8, 4) is 0 Å². The van der Waals surface area contributed by atoms with Crippen molar-refractivity contribution in [2.45, 2.75) is 63.5 Å². The van der Waals surface area contributed by atoms with Crippen LogP contribution < -0.4 is 5.32 Å². The number of piperidine rings is 1. The van der Waals surface area contributed by atoms with E-state index in [1.165, 1.54) is 25.7 Å². The van der Waals surface area contributed by atoms with Crippen LogP contribution in [0, 0.1) is 5.92 Å². The quantitative estimate of drug-likeness (QED) is 0.921. The van der Waals surface area contributed by atoms with E-state index in [4.69, 9.17) is 9.26 Å². The van der Waals surface area contributed by atoms with Crippen LogP contribution >= 0.6 is 0 Å². The minimum absolute atomic E-state index is 0.222. The third-order valence-corrected chi connectivity index (χ3v) is 4.80. The minimum Gasteiger partial charge on any atom is -0.370 e. The second kappa shape index (κ2) is 5.82. The van der Waals surface area contributed by atoms with E-state index in [-0.39, 0.29) is 11.6 Å². The topological polar surface area (TPSA) is 60.2 Å². The van der Waals surface area contributed by atoms with E-state index in [2.05, 4.69) is 22.4 Å². The van der Waals surface area contributed by atoms with Crippen molar-refractivity contribution in [3.05, 3.63) is 11.7 Å². The van der Waals surface area contributed by atoms with Gasteiger partial charge in [0.05, 0.1) is 6.04 Å². The Morgan fingerprint density at radius 1 is 1.30 bits per heavy atom. The van der Waals surface area contributed by atoms with E-state index in [1.54, 1.807) is 7.11 Å². The molecule has 1 N–H and O–H groups in total. The second-order valence-electron chi connectivity index (χ2n) is 6.36. The summed E-state index contributed by atoms with van der Waals surface area (Å²) < 4.78 is 11.3. The van der Waals surface area contributed by atoms with Gasteiger partial charge >= 0.3 is 0 Å². The van der Waals surface area contributed by atoms with Crippen LogP contribution in [0.1, 0.15) is 69.6 Å². The Hall–Kier alpha value is -0.940. The van der Waals surface area contributed by atoms with Gasteiger partial charge in [0.1, 0.15) is 5.60 Å². The highest BCUT2D eigenvalue weighted by Gasteiger charge is 2.41. The minimum atomic E-state index is -0.339. The SMILES string of the molecule is COC1(c2noc([C@H]3CCCCN3)n2)CCCC(C)C1. The number of hydrogen-bond donors (Lipinski definition) is 1. The lowest BCUT2D eigenvalue weighted by Crippen LogP contribution is -2.35. The van der Waals surface area contributed by atoms with Gasteiger partial charge < -0.3 is 14.6 Å². The molecule has 112 valence electrons. The average Bonchev–Trinajstić information content (AvgIpc) is 2.98. The third-order valence-electron chi connectivity index (χ3n) is 4.80. The molecule has 0 spiro atoms. The molecule has 2 heterocycles. The number of aromatic nitrogens is 2. The van der Waals surface area contributed by atoms with Crippen LogP contribution in [0.4, 0.5) is 0 Å². The van der Waals surface area contributed by atoms with E-state index in [0.29, 0.717) is 5.92 Å². The summed E-state index contributed by atoms with van der Waals surface area (Å²) in [6, 6.07) is 0.222. The summed E-state index contributed by atoms with van der Waals surface area (Å²) in [5, 5.41) is 7.70. The first-order valence-corrected chi connectivity index (χ1v) is 7.86. The number of ether oxygens (including phenoxy) is 1. The van der Waals surface area contributed by atoms with Gasteiger partial charge in [-0.25, -0.2) is 0 Å². The highest BCUT2D eigenvalue weighted by molar-refractivity contribution is 5.06. The normalized spacial score (nSPS) is 35.1. The van der Waals surface area contributed by atoms with Gasteiger partial charge in [0.15, 0.2) is 0 Å². The molecule has 5 nitrogen and oxygen atoms in total. The fourth-order valence-corrected chi connectivity index (χ4v) is 3.61. The number of methoxy groups -OCH3 is 1. The monoisotopic (exact) mass is 279 g/mol. The van der Waals surface area contributed by atoms with Gasteiger partial charge in [-0.1, -0.05) is 24.9 Å². The molecule has 0 aromatic carbocycles. The van der Waals surface area contributed by atoms with Crippen molar-refractivity contribution in [3.63, 3.8) is 0 Å². The van der Waals surface area contributed by atoms with Crippen molar-refractivity contribution < 1.29 is 9.26 Å². The Morgan fingerprint density at radius 3 is 2.90 bits per heavy atom. The molecule has 1 aliphatic heterocycles. The number of nitrogens with zero attached hydrogens (tertiary/aromatic N) is 2. The first-order chi connectivity index (χ1) is 9.73. The number of nitrogens with one attached hydrogen (secondary N) is 1. The lowest BCUT2D eigenvalue weighted by atomic mass is 9.78. The molecule has 3 rings (SSSR count). The Bertz CT molecular complexity index is 442. The summed E-state index contributed by atoms with van der Waals surface area (Å²) in [4.78, 5) is 4.67. The highest BCUT2D eigenvalue weighted by atomic mass is 16.5. The van der Waals surface area contributed by atoms with Crippen LogP contribution in [-0.4, -0.2) is 23.8 Å². The van der Waals surface area contributed by atoms with Crippen LogP contribution in [0.15, 0.2) is 4.52 Å². The molecule has 5 heteroatoms.